The maximum atomic E-state index is 10.1. The van der Waals surface area contributed by atoms with E-state index < -0.39 is 18.3 Å². The number of phenols is 1. The summed E-state index contributed by atoms with van der Waals surface area (Å²) in [5, 5.41) is 9.71. The van der Waals surface area contributed by atoms with E-state index in [1.165, 1.54) is 5.56 Å². The van der Waals surface area contributed by atoms with Gasteiger partial charge in [0.2, 0.25) is 0 Å². The normalized spacial score (nSPS) is 18.6. The number of hydrogen-bond donors (Lipinski definition) is 1. The highest BCUT2D eigenvalue weighted by molar-refractivity contribution is 8.00. The second-order valence-corrected chi connectivity index (χ2v) is 17.2. The number of thioether (sulfide) groups is 1. The topological polar surface area (TPSA) is 66.4 Å². The van der Waals surface area contributed by atoms with Crippen LogP contribution in [0.5, 0.6) is 11.5 Å². The summed E-state index contributed by atoms with van der Waals surface area (Å²) in [7, 11) is 0. The van der Waals surface area contributed by atoms with Crippen LogP contribution in [-0.4, -0.2) is 35.3 Å². The van der Waals surface area contributed by atoms with Crippen LogP contribution in [-0.2, 0) is 58.4 Å². The quantitative estimate of drug-likeness (QED) is 0.0870. The molecule has 1 heterocycles. The lowest BCUT2D eigenvalue weighted by Gasteiger charge is -2.46. The molecule has 0 bridgehead atoms. The van der Waals surface area contributed by atoms with Gasteiger partial charge in [0.15, 0.2) is 0 Å². The van der Waals surface area contributed by atoms with Gasteiger partial charge in [-0.05, 0) is 76.1 Å². The smallest absolute Gasteiger partial charge is 0.124 e. The summed E-state index contributed by atoms with van der Waals surface area (Å²) in [6.45, 7) is 4.65. The molecule has 6 nitrogen and oxygen atoms in total. The molecule has 62 heavy (non-hydrogen) atoms. The Morgan fingerprint density at radius 1 is 0.468 bits per heavy atom. The van der Waals surface area contributed by atoms with E-state index in [0.29, 0.717) is 46.1 Å². The fraction of sp³-hybridized carbons (Fsp3) is 0.236. The summed E-state index contributed by atoms with van der Waals surface area (Å²) in [6.07, 6.45) is -0.667. The third-order valence-corrected chi connectivity index (χ3v) is 12.8. The third-order valence-electron chi connectivity index (χ3n) is 11.2. The second-order valence-electron chi connectivity index (χ2n) is 15.8. The zero-order valence-corrected chi connectivity index (χ0v) is 35.9. The van der Waals surface area contributed by atoms with Crippen molar-refractivity contribution < 1.29 is 28.8 Å². The Kier molecular flexibility index (Phi) is 15.2. The Hall–Kier alpha value is -5.67. The molecule has 0 radical (unpaired) electrons. The number of benzene rings is 7. The van der Waals surface area contributed by atoms with Crippen molar-refractivity contribution in [3.8, 4) is 11.5 Å². The van der Waals surface area contributed by atoms with Crippen molar-refractivity contribution in [1.29, 1.82) is 0 Å². The lowest BCUT2D eigenvalue weighted by Crippen LogP contribution is -2.54. The number of ether oxygens (including phenoxy) is 5. The van der Waals surface area contributed by atoms with Crippen molar-refractivity contribution in [2.45, 2.75) is 75.2 Å². The van der Waals surface area contributed by atoms with Gasteiger partial charge >= 0.3 is 0 Å². The molecule has 1 saturated heterocycles. The van der Waals surface area contributed by atoms with Crippen LogP contribution < -0.4 is 4.74 Å². The first-order chi connectivity index (χ1) is 30.6. The minimum Gasteiger partial charge on any atom is -0.508 e. The van der Waals surface area contributed by atoms with Crippen molar-refractivity contribution in [3.63, 3.8) is 0 Å². The van der Waals surface area contributed by atoms with Crippen LogP contribution in [0.25, 0.3) is 0 Å². The Labute approximate surface area is 370 Å². The molecule has 0 saturated carbocycles. The van der Waals surface area contributed by atoms with Crippen molar-refractivity contribution in [2.75, 3.05) is 6.61 Å². The average molecular weight is 843 g/mol. The predicted octanol–water partition coefficient (Wildman–Crippen LogP) is 12.0. The number of hydrogen-bond acceptors (Lipinski definition) is 7. The lowest BCUT2D eigenvalue weighted by atomic mass is 9.91. The van der Waals surface area contributed by atoms with E-state index in [1.807, 2.05) is 115 Å². The Morgan fingerprint density at radius 3 is 1.44 bits per heavy atom. The largest absolute Gasteiger partial charge is 0.508 e. The van der Waals surface area contributed by atoms with Gasteiger partial charge in [0.05, 0.1) is 43.5 Å². The fourth-order valence-corrected chi connectivity index (χ4v) is 9.55. The minimum atomic E-state index is -0.497. The number of aryl methyl sites for hydroxylation is 1. The monoisotopic (exact) mass is 842 g/mol. The van der Waals surface area contributed by atoms with E-state index in [0.717, 1.165) is 50.3 Å². The van der Waals surface area contributed by atoms with E-state index in [-0.39, 0.29) is 16.2 Å². The molecule has 7 aromatic rings. The Bertz CT molecular complexity index is 2380. The van der Waals surface area contributed by atoms with E-state index in [4.69, 9.17) is 23.7 Å². The van der Waals surface area contributed by atoms with Gasteiger partial charge in [0.1, 0.15) is 36.4 Å². The third kappa shape index (κ3) is 11.8. The van der Waals surface area contributed by atoms with E-state index in [9.17, 15) is 5.11 Å². The molecule has 0 aromatic heterocycles. The zero-order chi connectivity index (χ0) is 42.4. The van der Waals surface area contributed by atoms with E-state index in [2.05, 4.69) is 79.7 Å². The Balaban J connectivity index is 1.23. The molecule has 316 valence electrons. The molecular formula is C55H54O6S. The number of aromatic hydroxyl groups is 1. The average Bonchev–Trinajstić information content (AvgIpc) is 3.32. The molecular weight excluding hydrogens is 789 g/mol. The zero-order valence-electron chi connectivity index (χ0n) is 35.1. The molecule has 8 rings (SSSR count). The molecule has 0 spiro atoms. The van der Waals surface area contributed by atoms with Crippen LogP contribution in [0.2, 0.25) is 0 Å². The van der Waals surface area contributed by atoms with Gasteiger partial charge in [0, 0.05) is 5.56 Å². The molecule has 1 aliphatic rings. The van der Waals surface area contributed by atoms with Crippen LogP contribution in [0.4, 0.5) is 0 Å². The second kappa shape index (κ2) is 21.9. The molecule has 5 atom stereocenters. The summed E-state index contributed by atoms with van der Waals surface area (Å²) < 4.78 is 34.9. The van der Waals surface area contributed by atoms with Gasteiger partial charge in [-0.25, -0.2) is 0 Å². The first kappa shape index (κ1) is 43.0. The fourth-order valence-electron chi connectivity index (χ4n) is 7.89. The van der Waals surface area contributed by atoms with Crippen molar-refractivity contribution in [3.05, 3.63) is 238 Å². The van der Waals surface area contributed by atoms with Gasteiger partial charge in [0.25, 0.3) is 0 Å². The summed E-state index contributed by atoms with van der Waals surface area (Å²) in [5.74, 6) is 1.06. The molecule has 7 aromatic carbocycles. The van der Waals surface area contributed by atoms with Crippen LogP contribution in [0.15, 0.2) is 188 Å². The summed E-state index contributed by atoms with van der Waals surface area (Å²) in [5.41, 5.74) is 9.86. The highest BCUT2D eigenvalue weighted by Crippen LogP contribution is 2.50. The highest BCUT2D eigenvalue weighted by Gasteiger charge is 2.49. The van der Waals surface area contributed by atoms with Gasteiger partial charge in [-0.15, -0.1) is 11.8 Å². The van der Waals surface area contributed by atoms with Crippen LogP contribution in [0.1, 0.15) is 55.3 Å². The summed E-state index contributed by atoms with van der Waals surface area (Å²) in [4.78, 5) is 0. The van der Waals surface area contributed by atoms with Gasteiger partial charge in [-0.2, -0.15) is 0 Å². The number of phenolic OH excluding ortho intramolecular Hbond substituents is 1. The molecule has 1 aliphatic heterocycles. The van der Waals surface area contributed by atoms with Crippen LogP contribution in [0, 0.1) is 6.92 Å². The minimum absolute atomic E-state index is 0.145. The van der Waals surface area contributed by atoms with Crippen molar-refractivity contribution >= 4 is 11.8 Å². The first-order valence-corrected chi connectivity index (χ1v) is 22.3. The maximum absolute atomic E-state index is 10.1. The molecule has 1 fully saturated rings. The Morgan fingerprint density at radius 2 is 0.919 bits per heavy atom. The maximum Gasteiger partial charge on any atom is 0.124 e. The molecule has 0 amide bonds. The van der Waals surface area contributed by atoms with Crippen molar-refractivity contribution in [2.24, 2.45) is 0 Å². The van der Waals surface area contributed by atoms with E-state index >= 15 is 0 Å². The van der Waals surface area contributed by atoms with Crippen molar-refractivity contribution in [1.82, 2.24) is 0 Å². The van der Waals surface area contributed by atoms with Gasteiger partial charge in [-0.1, -0.05) is 170 Å². The molecule has 7 heteroatoms. The lowest BCUT2D eigenvalue weighted by molar-refractivity contribution is -0.160. The summed E-state index contributed by atoms with van der Waals surface area (Å²) >= 11 is 1.82. The van der Waals surface area contributed by atoms with Gasteiger partial charge < -0.3 is 28.8 Å². The molecule has 0 unspecified atom stereocenters. The summed E-state index contributed by atoms with van der Waals surface area (Å²) in [6, 6.07) is 63.5. The number of rotatable bonds is 19. The van der Waals surface area contributed by atoms with E-state index in [1.54, 1.807) is 12.1 Å². The van der Waals surface area contributed by atoms with Gasteiger partial charge in [-0.3, -0.25) is 0 Å². The predicted molar refractivity (Wildman–Crippen MR) is 248 cm³/mol. The van der Waals surface area contributed by atoms with Crippen LogP contribution in [0.3, 0.4) is 0 Å². The highest BCUT2D eigenvalue weighted by atomic mass is 32.2. The van der Waals surface area contributed by atoms with Crippen LogP contribution >= 0.6 is 11.8 Å². The SMILES string of the molecule is Cc1cc(OCc2ccccc2)c([C@@H]2S[C@H](COCc3ccccc3)[C@@H](OCc3ccccc3)[C@H](OCc3ccccc3)[C@H]2OCc2ccccc2)cc1Cc1ccc(O)cc1. The standard InChI is InChI=1S/C55H54O6S/c1-40-31-50(58-35-43-19-9-3-10-20-43)49(33-47(40)32-41-27-29-48(56)30-28-41)55-54(61-38-46-25-15-6-16-26-46)53(60-37-45-23-13-5-14-24-45)52(59-36-44-21-11-4-12-22-44)51(62-55)39-57-34-42-17-7-2-8-18-42/h2-31,33,51-56H,32,34-39H2,1H3/t51-,52-,53+,54-,55+/m1/s1. The first-order valence-electron chi connectivity index (χ1n) is 21.4. The molecule has 0 aliphatic carbocycles. The molecule has 1 N–H and O–H groups in total.